The van der Waals surface area contributed by atoms with Crippen LogP contribution in [0.5, 0.6) is 5.75 Å². The first kappa shape index (κ1) is 19.5. The quantitative estimate of drug-likeness (QED) is 0.513. The van der Waals surface area contributed by atoms with Crippen molar-refractivity contribution >= 4 is 16.8 Å². The summed E-state index contributed by atoms with van der Waals surface area (Å²) in [5, 5.41) is 3.54. The average Bonchev–Trinajstić information content (AvgIpc) is 2.76. The second-order valence-electron chi connectivity index (χ2n) is 6.91. The average molecular weight is 401 g/mol. The molecule has 1 amide bonds. The summed E-state index contributed by atoms with van der Waals surface area (Å²) in [6.07, 6.45) is 1.73. The Bertz CT molecular complexity index is 1190. The number of pyridine rings is 2. The Kier molecular flexibility index (Phi) is 5.66. The predicted molar refractivity (Wildman–Crippen MR) is 113 cm³/mol. The summed E-state index contributed by atoms with van der Waals surface area (Å²) in [7, 11) is 0. The third-order valence-electron chi connectivity index (χ3n) is 4.61. The lowest BCUT2D eigenvalue weighted by Gasteiger charge is -2.11. The molecule has 0 saturated carbocycles. The van der Waals surface area contributed by atoms with Crippen molar-refractivity contribution in [3.8, 4) is 5.75 Å². The van der Waals surface area contributed by atoms with Crippen LogP contribution in [0, 0.1) is 12.7 Å². The van der Waals surface area contributed by atoms with Crippen LogP contribution in [0.2, 0.25) is 0 Å². The summed E-state index contributed by atoms with van der Waals surface area (Å²) in [5.74, 6) is 0.0828. The molecule has 6 heteroatoms. The Hall–Kier alpha value is -3.80. The summed E-state index contributed by atoms with van der Waals surface area (Å²) < 4.78 is 19.3. The number of aryl methyl sites for hydroxylation is 1. The van der Waals surface area contributed by atoms with Crippen molar-refractivity contribution in [1.29, 1.82) is 0 Å². The molecule has 0 saturated heterocycles. The standard InChI is InChI=1S/C24H20FN3O2/c1-16-11-22(21-9-8-18(25)13-23(21)28-16)24(29)27-14-17-5-4-7-20(12-17)30-15-19-6-2-3-10-26-19/h2-13H,14-15H2,1H3,(H,27,29). The predicted octanol–water partition coefficient (Wildman–Crippen LogP) is 4.59. The van der Waals surface area contributed by atoms with E-state index in [1.54, 1.807) is 25.3 Å². The molecule has 0 unspecified atom stereocenters. The summed E-state index contributed by atoms with van der Waals surface area (Å²) in [5.41, 5.74) is 3.34. The van der Waals surface area contributed by atoms with Crippen LogP contribution in [0.3, 0.4) is 0 Å². The van der Waals surface area contributed by atoms with Gasteiger partial charge in [-0.3, -0.25) is 14.8 Å². The van der Waals surface area contributed by atoms with E-state index in [1.807, 2.05) is 42.5 Å². The number of ether oxygens (including phenoxy) is 1. The molecule has 0 aliphatic carbocycles. The molecule has 5 nitrogen and oxygen atoms in total. The van der Waals surface area contributed by atoms with Crippen LogP contribution in [0.15, 0.2) is 72.9 Å². The highest BCUT2D eigenvalue weighted by Gasteiger charge is 2.12. The fourth-order valence-electron chi connectivity index (χ4n) is 3.19. The van der Waals surface area contributed by atoms with E-state index in [1.165, 1.54) is 12.1 Å². The van der Waals surface area contributed by atoms with E-state index in [-0.39, 0.29) is 11.7 Å². The fourth-order valence-corrected chi connectivity index (χ4v) is 3.19. The van der Waals surface area contributed by atoms with E-state index >= 15 is 0 Å². The molecule has 0 radical (unpaired) electrons. The summed E-state index contributed by atoms with van der Waals surface area (Å²) in [6.45, 7) is 2.49. The van der Waals surface area contributed by atoms with Crippen molar-refractivity contribution in [2.75, 3.05) is 0 Å². The molecule has 150 valence electrons. The van der Waals surface area contributed by atoms with Gasteiger partial charge in [0.05, 0.1) is 16.8 Å². The number of rotatable bonds is 6. The maximum Gasteiger partial charge on any atom is 0.252 e. The van der Waals surface area contributed by atoms with Gasteiger partial charge < -0.3 is 10.1 Å². The second kappa shape index (κ2) is 8.69. The maximum atomic E-state index is 13.5. The largest absolute Gasteiger partial charge is 0.487 e. The van der Waals surface area contributed by atoms with Gasteiger partial charge in [-0.2, -0.15) is 0 Å². The first-order valence-corrected chi connectivity index (χ1v) is 9.55. The maximum absolute atomic E-state index is 13.5. The first-order valence-electron chi connectivity index (χ1n) is 9.55. The molecule has 4 aromatic rings. The number of nitrogens with one attached hydrogen (secondary N) is 1. The van der Waals surface area contributed by atoms with Crippen LogP contribution >= 0.6 is 0 Å². The number of aromatic nitrogens is 2. The monoisotopic (exact) mass is 401 g/mol. The van der Waals surface area contributed by atoms with Crippen LogP contribution in [0.4, 0.5) is 4.39 Å². The van der Waals surface area contributed by atoms with Gasteiger partial charge >= 0.3 is 0 Å². The van der Waals surface area contributed by atoms with E-state index < -0.39 is 0 Å². The zero-order valence-electron chi connectivity index (χ0n) is 16.4. The molecule has 0 aliphatic heterocycles. The van der Waals surface area contributed by atoms with Gasteiger partial charge in [0.1, 0.15) is 18.2 Å². The van der Waals surface area contributed by atoms with Gasteiger partial charge in [0.25, 0.3) is 5.91 Å². The van der Waals surface area contributed by atoms with Crippen LogP contribution in [0.25, 0.3) is 10.9 Å². The normalized spacial score (nSPS) is 10.7. The van der Waals surface area contributed by atoms with Gasteiger partial charge in [0.15, 0.2) is 0 Å². The minimum atomic E-state index is -0.380. The second-order valence-corrected chi connectivity index (χ2v) is 6.91. The van der Waals surface area contributed by atoms with E-state index in [2.05, 4.69) is 15.3 Å². The summed E-state index contributed by atoms with van der Waals surface area (Å²) in [6, 6.07) is 19.2. The molecule has 0 atom stereocenters. The molecule has 0 spiro atoms. The number of hydrogen-bond donors (Lipinski definition) is 1. The Balaban J connectivity index is 1.45. The zero-order chi connectivity index (χ0) is 20.9. The third kappa shape index (κ3) is 4.60. The number of halogens is 1. The smallest absolute Gasteiger partial charge is 0.252 e. The SMILES string of the molecule is Cc1cc(C(=O)NCc2cccc(OCc3ccccn3)c2)c2ccc(F)cc2n1. The van der Waals surface area contributed by atoms with Crippen molar-refractivity contribution in [3.63, 3.8) is 0 Å². The number of carbonyl (C=O) groups is 1. The molecule has 0 aliphatic rings. The molecule has 4 rings (SSSR count). The lowest BCUT2D eigenvalue weighted by Crippen LogP contribution is -2.23. The molecule has 0 bridgehead atoms. The van der Waals surface area contributed by atoms with Crippen molar-refractivity contribution in [1.82, 2.24) is 15.3 Å². The van der Waals surface area contributed by atoms with Crippen molar-refractivity contribution in [2.24, 2.45) is 0 Å². The van der Waals surface area contributed by atoms with Gasteiger partial charge in [-0.1, -0.05) is 18.2 Å². The topological polar surface area (TPSA) is 64.1 Å². The first-order chi connectivity index (χ1) is 14.6. The molecule has 2 aromatic carbocycles. The number of nitrogens with zero attached hydrogens (tertiary/aromatic N) is 2. The molecular formula is C24H20FN3O2. The highest BCUT2D eigenvalue weighted by molar-refractivity contribution is 6.06. The van der Waals surface area contributed by atoms with Gasteiger partial charge in [-0.15, -0.1) is 0 Å². The lowest BCUT2D eigenvalue weighted by molar-refractivity contribution is 0.0952. The number of fused-ring (bicyclic) bond motifs is 1. The molecule has 0 fully saturated rings. The van der Waals surface area contributed by atoms with E-state index in [9.17, 15) is 9.18 Å². The Morgan fingerprint density at radius 2 is 1.97 bits per heavy atom. The lowest BCUT2D eigenvalue weighted by atomic mass is 10.1. The summed E-state index contributed by atoms with van der Waals surface area (Å²) in [4.78, 5) is 21.3. The van der Waals surface area contributed by atoms with E-state index in [4.69, 9.17) is 4.74 Å². The molecule has 1 N–H and O–H groups in total. The van der Waals surface area contributed by atoms with Gasteiger partial charge in [0.2, 0.25) is 0 Å². The molecule has 2 aromatic heterocycles. The van der Waals surface area contributed by atoms with Crippen LogP contribution in [0.1, 0.15) is 27.3 Å². The highest BCUT2D eigenvalue weighted by Crippen LogP contribution is 2.20. The Labute approximate surface area is 173 Å². The molecular weight excluding hydrogens is 381 g/mol. The van der Waals surface area contributed by atoms with Crippen molar-refractivity contribution in [2.45, 2.75) is 20.1 Å². The minimum absolute atomic E-state index is 0.239. The molecule has 2 heterocycles. The highest BCUT2D eigenvalue weighted by atomic mass is 19.1. The van der Waals surface area contributed by atoms with E-state index in [0.717, 1.165) is 11.3 Å². The number of amides is 1. The minimum Gasteiger partial charge on any atom is -0.487 e. The Morgan fingerprint density at radius 3 is 2.80 bits per heavy atom. The fraction of sp³-hybridized carbons (Fsp3) is 0.125. The summed E-state index contributed by atoms with van der Waals surface area (Å²) >= 11 is 0. The molecule has 30 heavy (non-hydrogen) atoms. The van der Waals surface area contributed by atoms with Crippen LogP contribution in [-0.2, 0) is 13.2 Å². The number of carbonyl (C=O) groups excluding carboxylic acids is 1. The third-order valence-corrected chi connectivity index (χ3v) is 4.61. The zero-order valence-corrected chi connectivity index (χ0v) is 16.4. The number of hydrogen-bond acceptors (Lipinski definition) is 4. The van der Waals surface area contributed by atoms with Gasteiger partial charge in [-0.05, 0) is 55.0 Å². The van der Waals surface area contributed by atoms with Crippen molar-refractivity contribution in [3.05, 3.63) is 101 Å². The number of benzene rings is 2. The van der Waals surface area contributed by atoms with E-state index in [0.29, 0.717) is 41.1 Å². The van der Waals surface area contributed by atoms with Gasteiger partial charge in [-0.25, -0.2) is 4.39 Å². The van der Waals surface area contributed by atoms with Crippen LogP contribution < -0.4 is 10.1 Å². The van der Waals surface area contributed by atoms with Crippen LogP contribution in [-0.4, -0.2) is 15.9 Å². The van der Waals surface area contributed by atoms with Crippen molar-refractivity contribution < 1.29 is 13.9 Å². The van der Waals surface area contributed by atoms with Gasteiger partial charge in [0, 0.05) is 29.9 Å². The Morgan fingerprint density at radius 1 is 1.07 bits per heavy atom.